The minimum absolute atomic E-state index is 0.193. The number of hydrogen-bond donors (Lipinski definition) is 3. The van der Waals surface area contributed by atoms with Crippen LogP contribution in [-0.4, -0.2) is 37.2 Å². The van der Waals surface area contributed by atoms with Gasteiger partial charge in [0.15, 0.2) is 5.69 Å². The molecule has 0 aliphatic carbocycles. The molecule has 0 aromatic carbocycles. The lowest BCUT2D eigenvalue weighted by molar-refractivity contribution is -0.384. The molecule has 8 nitrogen and oxygen atoms in total. The van der Waals surface area contributed by atoms with Crippen LogP contribution in [0.15, 0.2) is 12.1 Å². The van der Waals surface area contributed by atoms with Gasteiger partial charge in [-0.2, -0.15) is 0 Å². The van der Waals surface area contributed by atoms with Crippen molar-refractivity contribution in [3.63, 3.8) is 0 Å². The molecule has 1 rings (SSSR count). The Hall–Kier alpha value is -2.22. The molecule has 0 aliphatic heterocycles. The van der Waals surface area contributed by atoms with Gasteiger partial charge in [0.05, 0.1) is 16.1 Å². The number of carboxylic acids is 1. The summed E-state index contributed by atoms with van der Waals surface area (Å²) in [5.41, 5.74) is -2.83. The van der Waals surface area contributed by atoms with E-state index >= 15 is 0 Å². The maximum absolute atomic E-state index is 11.0. The molecule has 0 atom stereocenters. The highest BCUT2D eigenvalue weighted by Gasteiger charge is 2.37. The molecule has 0 aliphatic rings. The van der Waals surface area contributed by atoms with E-state index in [-0.39, 0.29) is 17.2 Å². The van der Waals surface area contributed by atoms with Crippen molar-refractivity contribution in [1.29, 1.82) is 0 Å². The number of anilines is 1. The van der Waals surface area contributed by atoms with Crippen LogP contribution in [0, 0.1) is 10.1 Å². The molecule has 20 heavy (non-hydrogen) atoms. The topological polar surface area (TPSA) is 126 Å². The fourth-order valence-electron chi connectivity index (χ4n) is 1.26. The molecule has 1 aromatic heterocycles. The molecule has 8 heteroatoms. The molecule has 110 valence electrons. The summed E-state index contributed by atoms with van der Waals surface area (Å²) < 4.78 is 0. The summed E-state index contributed by atoms with van der Waals surface area (Å²) in [5, 5.41) is 32.6. The molecule has 3 N–H and O–H groups in total. The molecule has 1 heterocycles. The molecule has 0 saturated carbocycles. The first-order valence-electron chi connectivity index (χ1n) is 5.85. The monoisotopic (exact) mass is 283 g/mol. The van der Waals surface area contributed by atoms with E-state index in [1.165, 1.54) is 13.8 Å². The molecule has 0 spiro atoms. The fourth-order valence-corrected chi connectivity index (χ4v) is 1.26. The van der Waals surface area contributed by atoms with Gasteiger partial charge in [0.2, 0.25) is 5.82 Å². The Morgan fingerprint density at radius 2 is 1.90 bits per heavy atom. The van der Waals surface area contributed by atoms with Crippen molar-refractivity contribution < 1.29 is 19.9 Å². The average Bonchev–Trinajstić information content (AvgIpc) is 2.26. The summed E-state index contributed by atoms with van der Waals surface area (Å²) in [7, 11) is 0. The minimum atomic E-state index is -1.29. The van der Waals surface area contributed by atoms with Gasteiger partial charge in [0.1, 0.15) is 0 Å². The number of rotatable bonds is 5. The van der Waals surface area contributed by atoms with Gasteiger partial charge >= 0.3 is 11.7 Å². The first kappa shape index (κ1) is 15.8. The number of nitro groups is 1. The predicted molar refractivity (Wildman–Crippen MR) is 71.9 cm³/mol. The van der Waals surface area contributed by atoms with Crippen LogP contribution in [0.1, 0.15) is 38.2 Å². The van der Waals surface area contributed by atoms with E-state index in [0.717, 1.165) is 12.1 Å². The van der Waals surface area contributed by atoms with Crippen LogP contribution in [0.4, 0.5) is 11.5 Å². The number of aliphatic hydroxyl groups is 1. The van der Waals surface area contributed by atoms with Crippen LogP contribution in [0.5, 0.6) is 0 Å². The number of nitrogens with zero attached hydrogens (tertiary/aromatic N) is 2. The number of pyridine rings is 1. The second kappa shape index (κ2) is 5.04. The maximum Gasteiger partial charge on any atom is 0.354 e. The normalized spacial score (nSPS) is 12.1. The lowest BCUT2D eigenvalue weighted by Crippen LogP contribution is -2.51. The Morgan fingerprint density at radius 1 is 1.35 bits per heavy atom. The van der Waals surface area contributed by atoms with Crippen LogP contribution in [0.25, 0.3) is 0 Å². The van der Waals surface area contributed by atoms with Crippen LogP contribution < -0.4 is 5.32 Å². The van der Waals surface area contributed by atoms with Crippen molar-refractivity contribution in [3.8, 4) is 0 Å². The third kappa shape index (κ3) is 3.21. The van der Waals surface area contributed by atoms with Crippen LogP contribution in [0.2, 0.25) is 0 Å². The van der Waals surface area contributed by atoms with Crippen molar-refractivity contribution in [2.45, 2.75) is 38.8 Å². The zero-order chi connectivity index (χ0) is 15.7. The Morgan fingerprint density at radius 3 is 2.30 bits per heavy atom. The number of carbonyl (C=O) groups is 1. The Balaban J connectivity index is 3.31. The van der Waals surface area contributed by atoms with Crippen molar-refractivity contribution >= 4 is 17.5 Å². The maximum atomic E-state index is 11.0. The number of carboxylic acid groups (broad SMARTS) is 1. The standard InChI is InChI=1S/C12H17N3O5/c1-11(2,12(3,4)18)14-9-8(15(19)20)6-5-7(13-9)10(16)17/h5-6,18H,1-4H3,(H,13,14)(H,16,17). The van der Waals surface area contributed by atoms with Gasteiger partial charge in [-0.3, -0.25) is 10.1 Å². The molecule has 0 radical (unpaired) electrons. The van der Waals surface area contributed by atoms with E-state index in [9.17, 15) is 20.0 Å². The van der Waals surface area contributed by atoms with Gasteiger partial charge in [-0.1, -0.05) is 0 Å². The fraction of sp³-hybridized carbons (Fsp3) is 0.500. The zero-order valence-electron chi connectivity index (χ0n) is 11.7. The summed E-state index contributed by atoms with van der Waals surface area (Å²) in [4.78, 5) is 24.9. The smallest absolute Gasteiger partial charge is 0.354 e. The molecular weight excluding hydrogens is 266 g/mol. The van der Waals surface area contributed by atoms with E-state index in [2.05, 4.69) is 10.3 Å². The molecular formula is C12H17N3O5. The number of nitrogens with one attached hydrogen (secondary N) is 1. The van der Waals surface area contributed by atoms with Crippen molar-refractivity contribution in [1.82, 2.24) is 4.98 Å². The van der Waals surface area contributed by atoms with Gasteiger partial charge in [-0.05, 0) is 33.8 Å². The van der Waals surface area contributed by atoms with Crippen molar-refractivity contribution in [2.24, 2.45) is 0 Å². The van der Waals surface area contributed by atoms with E-state index in [1.807, 2.05) is 0 Å². The largest absolute Gasteiger partial charge is 0.477 e. The van der Waals surface area contributed by atoms with E-state index in [0.29, 0.717) is 0 Å². The quantitative estimate of drug-likeness (QED) is 0.554. The Bertz CT molecular complexity index is 549. The van der Waals surface area contributed by atoms with Gasteiger partial charge < -0.3 is 15.5 Å². The van der Waals surface area contributed by atoms with Crippen LogP contribution >= 0.6 is 0 Å². The minimum Gasteiger partial charge on any atom is -0.477 e. The highest BCUT2D eigenvalue weighted by atomic mass is 16.6. The SMILES string of the molecule is CC(C)(O)C(C)(C)Nc1nc(C(=O)O)ccc1[N+](=O)[O-]. The van der Waals surface area contributed by atoms with Gasteiger partial charge in [-0.25, -0.2) is 9.78 Å². The predicted octanol–water partition coefficient (Wildman–Crippen LogP) is 1.65. The highest BCUT2D eigenvalue weighted by Crippen LogP contribution is 2.30. The summed E-state index contributed by atoms with van der Waals surface area (Å²) in [6.45, 7) is 6.33. The molecule has 0 amide bonds. The second-order valence-corrected chi connectivity index (χ2v) is 5.44. The van der Waals surface area contributed by atoms with Crippen LogP contribution in [-0.2, 0) is 0 Å². The third-order valence-corrected chi connectivity index (χ3v) is 3.25. The first-order valence-corrected chi connectivity index (χ1v) is 5.85. The summed E-state index contributed by atoms with van der Waals surface area (Å²) in [6.07, 6.45) is 0. The molecule has 0 unspecified atom stereocenters. The Labute approximate surface area is 115 Å². The van der Waals surface area contributed by atoms with E-state index < -0.39 is 22.0 Å². The van der Waals surface area contributed by atoms with Gasteiger partial charge in [-0.15, -0.1) is 0 Å². The van der Waals surface area contributed by atoms with Gasteiger partial charge in [0.25, 0.3) is 0 Å². The molecule has 1 aromatic rings. The third-order valence-electron chi connectivity index (χ3n) is 3.25. The number of aromatic nitrogens is 1. The molecule has 0 saturated heterocycles. The van der Waals surface area contributed by atoms with Crippen LogP contribution in [0.3, 0.4) is 0 Å². The molecule has 0 fully saturated rings. The number of hydrogen-bond acceptors (Lipinski definition) is 6. The lowest BCUT2D eigenvalue weighted by atomic mass is 9.86. The zero-order valence-corrected chi connectivity index (χ0v) is 11.7. The average molecular weight is 283 g/mol. The summed E-state index contributed by atoms with van der Waals surface area (Å²) in [6, 6.07) is 2.13. The van der Waals surface area contributed by atoms with E-state index in [1.54, 1.807) is 13.8 Å². The lowest BCUT2D eigenvalue weighted by Gasteiger charge is -2.38. The second-order valence-electron chi connectivity index (χ2n) is 5.44. The van der Waals surface area contributed by atoms with Gasteiger partial charge in [0, 0.05) is 6.07 Å². The number of aromatic carboxylic acids is 1. The summed E-state index contributed by atoms with van der Waals surface area (Å²) in [5.74, 6) is -1.48. The summed E-state index contributed by atoms with van der Waals surface area (Å²) >= 11 is 0. The Kier molecular flexibility index (Phi) is 3.99. The van der Waals surface area contributed by atoms with E-state index in [4.69, 9.17) is 5.11 Å². The highest BCUT2D eigenvalue weighted by molar-refractivity contribution is 5.86. The van der Waals surface area contributed by atoms with Crippen molar-refractivity contribution in [3.05, 3.63) is 27.9 Å². The van der Waals surface area contributed by atoms with Crippen molar-refractivity contribution in [2.75, 3.05) is 5.32 Å². The first-order chi connectivity index (χ1) is 8.95. The molecule has 0 bridgehead atoms.